The molecule has 0 saturated heterocycles. The molecule has 1 aliphatic heterocycles. The molecular weight excluding hydrogens is 208 g/mol. The summed E-state index contributed by atoms with van der Waals surface area (Å²) in [6.45, 7) is 4.79. The van der Waals surface area contributed by atoms with Gasteiger partial charge in [-0.05, 0) is 29.7 Å². The second-order valence-corrected chi connectivity index (χ2v) is 4.53. The second kappa shape index (κ2) is 4.25. The van der Waals surface area contributed by atoms with Gasteiger partial charge >= 0.3 is 0 Å². The summed E-state index contributed by atoms with van der Waals surface area (Å²) < 4.78 is 5.84. The Morgan fingerprint density at radius 2 is 2.06 bits per heavy atom. The highest BCUT2D eigenvalue weighted by molar-refractivity contribution is 5.88. The van der Waals surface area contributed by atoms with Crippen molar-refractivity contribution in [1.82, 2.24) is 0 Å². The molecule has 86 valence electrons. The number of allylic oxidation sites excluding steroid dienone is 1. The van der Waals surface area contributed by atoms with Crippen LogP contribution in [0.5, 0.6) is 5.75 Å². The molecule has 1 atom stereocenters. The summed E-state index contributed by atoms with van der Waals surface area (Å²) in [5.74, 6) is 1.45. The third-order valence-corrected chi connectivity index (χ3v) is 3.50. The first-order valence-electron chi connectivity index (χ1n) is 6.17. The molecule has 0 fully saturated rings. The standard InChI is InChI=1S/C16H16O/c1-2-12-7-5-11-17-15-10-9-13-6-3-4-8-14(13)16(12)15/h2-4,6,8-10,12H,1,5,7,11H2. The first kappa shape index (κ1) is 10.4. The third-order valence-electron chi connectivity index (χ3n) is 3.50. The number of ether oxygens (including phenoxy) is 1. The summed E-state index contributed by atoms with van der Waals surface area (Å²) in [5, 5.41) is 2.58. The number of hydrogen-bond acceptors (Lipinski definition) is 1. The molecular formula is C16H16O. The molecule has 1 heteroatoms. The fraction of sp³-hybridized carbons (Fsp3) is 0.250. The maximum absolute atomic E-state index is 5.84. The molecule has 0 radical (unpaired) electrons. The predicted octanol–water partition coefficient (Wildman–Crippen LogP) is 4.28. The largest absolute Gasteiger partial charge is 0.493 e. The molecule has 0 bridgehead atoms. The van der Waals surface area contributed by atoms with Crippen LogP contribution in [-0.4, -0.2) is 6.61 Å². The van der Waals surface area contributed by atoms with Crippen LogP contribution < -0.4 is 4.74 Å². The normalized spacial score (nSPS) is 19.2. The summed E-state index contributed by atoms with van der Waals surface area (Å²) in [4.78, 5) is 0. The van der Waals surface area contributed by atoms with E-state index in [4.69, 9.17) is 4.74 Å². The van der Waals surface area contributed by atoms with Crippen molar-refractivity contribution in [2.75, 3.05) is 6.61 Å². The van der Waals surface area contributed by atoms with Gasteiger partial charge in [0.25, 0.3) is 0 Å². The SMILES string of the molecule is C=CC1CCCOc2ccc3ccccc3c21. The fourth-order valence-corrected chi connectivity index (χ4v) is 2.65. The van der Waals surface area contributed by atoms with Crippen molar-refractivity contribution >= 4 is 10.8 Å². The first-order valence-corrected chi connectivity index (χ1v) is 6.17. The van der Waals surface area contributed by atoms with Gasteiger partial charge in [-0.1, -0.05) is 36.4 Å². The van der Waals surface area contributed by atoms with Crippen molar-refractivity contribution in [1.29, 1.82) is 0 Å². The van der Waals surface area contributed by atoms with Gasteiger partial charge in [0.15, 0.2) is 0 Å². The van der Waals surface area contributed by atoms with Crippen molar-refractivity contribution < 1.29 is 4.74 Å². The van der Waals surface area contributed by atoms with E-state index in [0.717, 1.165) is 25.2 Å². The Hall–Kier alpha value is -1.76. The van der Waals surface area contributed by atoms with E-state index in [0.29, 0.717) is 5.92 Å². The molecule has 2 aromatic rings. The molecule has 1 unspecified atom stereocenters. The van der Waals surface area contributed by atoms with Crippen LogP contribution in [0.1, 0.15) is 24.3 Å². The number of hydrogen-bond donors (Lipinski definition) is 0. The molecule has 1 heterocycles. The van der Waals surface area contributed by atoms with Crippen molar-refractivity contribution in [3.05, 3.63) is 54.6 Å². The molecule has 0 spiro atoms. The molecule has 0 aliphatic carbocycles. The number of rotatable bonds is 1. The lowest BCUT2D eigenvalue weighted by Gasteiger charge is -2.15. The molecule has 0 aromatic heterocycles. The Morgan fingerprint density at radius 3 is 2.94 bits per heavy atom. The first-order chi connectivity index (χ1) is 8.40. The van der Waals surface area contributed by atoms with Crippen LogP contribution in [0.15, 0.2) is 49.1 Å². The van der Waals surface area contributed by atoms with Crippen molar-refractivity contribution in [2.45, 2.75) is 18.8 Å². The van der Waals surface area contributed by atoms with Crippen molar-refractivity contribution in [2.24, 2.45) is 0 Å². The Bertz CT molecular complexity index is 556. The lowest BCUT2D eigenvalue weighted by Crippen LogP contribution is -1.96. The van der Waals surface area contributed by atoms with E-state index < -0.39 is 0 Å². The second-order valence-electron chi connectivity index (χ2n) is 4.53. The predicted molar refractivity (Wildman–Crippen MR) is 71.6 cm³/mol. The maximum Gasteiger partial charge on any atom is 0.123 e. The summed E-state index contributed by atoms with van der Waals surface area (Å²) in [6.07, 6.45) is 4.28. The lowest BCUT2D eigenvalue weighted by molar-refractivity contribution is 0.317. The van der Waals surface area contributed by atoms with E-state index in [1.165, 1.54) is 16.3 Å². The molecule has 0 amide bonds. The molecule has 0 N–H and O–H groups in total. The molecule has 0 saturated carbocycles. The van der Waals surface area contributed by atoms with Crippen LogP contribution in [0.3, 0.4) is 0 Å². The van der Waals surface area contributed by atoms with E-state index >= 15 is 0 Å². The van der Waals surface area contributed by atoms with Gasteiger partial charge in [-0.3, -0.25) is 0 Å². The monoisotopic (exact) mass is 224 g/mol. The van der Waals surface area contributed by atoms with Crippen molar-refractivity contribution in [3.8, 4) is 5.75 Å². The van der Waals surface area contributed by atoms with Crippen LogP contribution in [0.2, 0.25) is 0 Å². The zero-order valence-corrected chi connectivity index (χ0v) is 9.86. The highest BCUT2D eigenvalue weighted by Gasteiger charge is 2.19. The smallest absolute Gasteiger partial charge is 0.123 e. The Balaban J connectivity index is 2.30. The highest BCUT2D eigenvalue weighted by Crippen LogP contribution is 2.38. The quantitative estimate of drug-likeness (QED) is 0.657. The Morgan fingerprint density at radius 1 is 1.18 bits per heavy atom. The fourth-order valence-electron chi connectivity index (χ4n) is 2.65. The van der Waals surface area contributed by atoms with Gasteiger partial charge in [-0.2, -0.15) is 0 Å². The summed E-state index contributed by atoms with van der Waals surface area (Å²) in [7, 11) is 0. The van der Waals surface area contributed by atoms with Crippen LogP contribution in [-0.2, 0) is 0 Å². The highest BCUT2D eigenvalue weighted by atomic mass is 16.5. The van der Waals surface area contributed by atoms with E-state index in [1.807, 2.05) is 0 Å². The third kappa shape index (κ3) is 1.72. The Kier molecular flexibility index (Phi) is 2.60. The van der Waals surface area contributed by atoms with Crippen molar-refractivity contribution in [3.63, 3.8) is 0 Å². The topological polar surface area (TPSA) is 9.23 Å². The van der Waals surface area contributed by atoms with E-state index in [2.05, 4.69) is 49.1 Å². The summed E-state index contributed by atoms with van der Waals surface area (Å²) in [6, 6.07) is 12.7. The van der Waals surface area contributed by atoms with Gasteiger partial charge in [0.2, 0.25) is 0 Å². The van der Waals surface area contributed by atoms with Crippen LogP contribution in [0.25, 0.3) is 10.8 Å². The van der Waals surface area contributed by atoms with Gasteiger partial charge in [0.1, 0.15) is 5.75 Å². The minimum atomic E-state index is 0.415. The molecule has 2 aromatic carbocycles. The average molecular weight is 224 g/mol. The molecule has 17 heavy (non-hydrogen) atoms. The minimum absolute atomic E-state index is 0.415. The molecule has 1 aliphatic rings. The zero-order chi connectivity index (χ0) is 11.7. The van der Waals surface area contributed by atoms with Gasteiger partial charge in [0, 0.05) is 11.5 Å². The maximum atomic E-state index is 5.84. The zero-order valence-electron chi connectivity index (χ0n) is 9.86. The summed E-state index contributed by atoms with van der Waals surface area (Å²) in [5.41, 5.74) is 1.32. The molecule has 1 nitrogen and oxygen atoms in total. The van der Waals surface area contributed by atoms with E-state index in [9.17, 15) is 0 Å². The average Bonchev–Trinajstić information content (AvgIpc) is 2.60. The van der Waals surface area contributed by atoms with E-state index in [-0.39, 0.29) is 0 Å². The summed E-state index contributed by atoms with van der Waals surface area (Å²) >= 11 is 0. The van der Waals surface area contributed by atoms with E-state index in [1.54, 1.807) is 0 Å². The Labute approximate surface area is 102 Å². The van der Waals surface area contributed by atoms with Crippen LogP contribution in [0.4, 0.5) is 0 Å². The van der Waals surface area contributed by atoms with Gasteiger partial charge in [-0.25, -0.2) is 0 Å². The van der Waals surface area contributed by atoms with Crippen LogP contribution in [0, 0.1) is 0 Å². The van der Waals surface area contributed by atoms with Crippen LogP contribution >= 0.6 is 0 Å². The lowest BCUT2D eigenvalue weighted by atomic mass is 9.90. The minimum Gasteiger partial charge on any atom is -0.493 e. The van der Waals surface area contributed by atoms with Gasteiger partial charge in [0.05, 0.1) is 6.61 Å². The van der Waals surface area contributed by atoms with Gasteiger partial charge in [-0.15, -0.1) is 6.58 Å². The number of benzene rings is 2. The number of fused-ring (bicyclic) bond motifs is 3. The van der Waals surface area contributed by atoms with Gasteiger partial charge < -0.3 is 4.74 Å². The molecule has 3 rings (SSSR count).